The molecule has 1 N–H and O–H groups in total. The highest BCUT2D eigenvalue weighted by Crippen LogP contribution is 2.35. The summed E-state index contributed by atoms with van der Waals surface area (Å²) < 4.78 is 5.69. The molecule has 0 spiro atoms. The zero-order valence-corrected chi connectivity index (χ0v) is 10.9. The monoisotopic (exact) mass is 247 g/mol. The number of hydrogen-bond donors (Lipinski definition) is 1. The second kappa shape index (κ2) is 4.56. The lowest BCUT2D eigenvalue weighted by Crippen LogP contribution is -2.33. The van der Waals surface area contributed by atoms with Crippen LogP contribution in [0.4, 0.5) is 0 Å². The van der Waals surface area contributed by atoms with Crippen LogP contribution >= 0.6 is 0 Å². The number of aliphatic hydroxyl groups is 1. The fourth-order valence-corrected chi connectivity index (χ4v) is 3.11. The molecule has 1 aromatic carbocycles. The quantitative estimate of drug-likeness (QED) is 0.867. The summed E-state index contributed by atoms with van der Waals surface area (Å²) in [6.07, 6.45) is 1.97. The van der Waals surface area contributed by atoms with Crippen LogP contribution in [0.5, 0.6) is 5.75 Å². The van der Waals surface area contributed by atoms with E-state index in [-0.39, 0.29) is 0 Å². The lowest BCUT2D eigenvalue weighted by Gasteiger charge is -2.29. The lowest BCUT2D eigenvalue weighted by atomic mass is 9.92. The van der Waals surface area contributed by atoms with Crippen LogP contribution in [0, 0.1) is 0 Å². The Morgan fingerprint density at radius 3 is 3.06 bits per heavy atom. The maximum absolute atomic E-state index is 10.0. The lowest BCUT2D eigenvalue weighted by molar-refractivity contribution is 0.0673. The second-order valence-electron chi connectivity index (χ2n) is 5.85. The van der Waals surface area contributed by atoms with Gasteiger partial charge in [0, 0.05) is 25.6 Å². The van der Waals surface area contributed by atoms with Crippen LogP contribution in [0.15, 0.2) is 24.3 Å². The topological polar surface area (TPSA) is 32.7 Å². The summed E-state index contributed by atoms with van der Waals surface area (Å²) in [5, 5.41) is 10.0. The molecule has 0 radical (unpaired) electrons. The van der Waals surface area contributed by atoms with E-state index < -0.39 is 5.60 Å². The summed E-state index contributed by atoms with van der Waals surface area (Å²) in [4.78, 5) is 2.38. The first-order valence-electron chi connectivity index (χ1n) is 6.80. The second-order valence-corrected chi connectivity index (χ2v) is 5.85. The Balaban J connectivity index is 1.71. The molecule has 3 rings (SSSR count). The third-order valence-electron chi connectivity index (χ3n) is 4.09. The predicted molar refractivity (Wildman–Crippen MR) is 71.0 cm³/mol. The van der Waals surface area contributed by atoms with Crippen LogP contribution in [-0.2, 0) is 0 Å². The Labute approximate surface area is 108 Å². The normalized spacial score (nSPS) is 32.0. The number of β-amino-alcohol motifs (C(OH)–C–C–N with tert-alkyl or cyclic N) is 1. The van der Waals surface area contributed by atoms with E-state index in [2.05, 4.69) is 23.1 Å². The number of likely N-dealkylation sites (tertiary alicyclic amines) is 1. The summed E-state index contributed by atoms with van der Waals surface area (Å²) in [6.45, 7) is 5.59. The Bertz CT molecular complexity index is 430. The first kappa shape index (κ1) is 12.0. The Morgan fingerprint density at radius 1 is 1.44 bits per heavy atom. The fourth-order valence-electron chi connectivity index (χ4n) is 3.11. The van der Waals surface area contributed by atoms with Crippen LogP contribution < -0.4 is 4.74 Å². The van der Waals surface area contributed by atoms with Crippen molar-refractivity contribution in [2.75, 3.05) is 26.2 Å². The van der Waals surface area contributed by atoms with E-state index in [1.165, 1.54) is 5.56 Å². The molecule has 3 heteroatoms. The standard InChI is InChI=1S/C15H21NO2/c1-15(17)7-8-16(11-15)10-12-6-9-18-14-5-3-2-4-13(12)14/h2-5,12,17H,6-11H2,1H3. The molecule has 0 bridgehead atoms. The van der Waals surface area contributed by atoms with E-state index in [1.54, 1.807) is 0 Å². The van der Waals surface area contributed by atoms with Gasteiger partial charge in [-0.05, 0) is 31.4 Å². The van der Waals surface area contributed by atoms with Crippen molar-refractivity contribution in [3.05, 3.63) is 29.8 Å². The average molecular weight is 247 g/mol. The van der Waals surface area contributed by atoms with Crippen LogP contribution in [0.25, 0.3) is 0 Å². The van der Waals surface area contributed by atoms with Gasteiger partial charge in [0.2, 0.25) is 0 Å². The third-order valence-corrected chi connectivity index (χ3v) is 4.09. The molecule has 1 aromatic rings. The van der Waals surface area contributed by atoms with Gasteiger partial charge in [0.25, 0.3) is 0 Å². The number of fused-ring (bicyclic) bond motifs is 1. The summed E-state index contributed by atoms with van der Waals surface area (Å²) in [6, 6.07) is 8.34. The molecule has 3 nitrogen and oxygen atoms in total. The van der Waals surface area contributed by atoms with E-state index in [1.807, 2.05) is 13.0 Å². The molecule has 18 heavy (non-hydrogen) atoms. The first-order chi connectivity index (χ1) is 8.64. The zero-order chi connectivity index (χ0) is 12.6. The predicted octanol–water partition coefficient (Wildman–Crippen LogP) is 2.01. The van der Waals surface area contributed by atoms with Gasteiger partial charge in [-0.1, -0.05) is 18.2 Å². The van der Waals surface area contributed by atoms with Crippen molar-refractivity contribution in [2.24, 2.45) is 0 Å². The molecule has 1 saturated heterocycles. The van der Waals surface area contributed by atoms with Gasteiger partial charge in [-0.3, -0.25) is 4.90 Å². The van der Waals surface area contributed by atoms with Gasteiger partial charge in [0.1, 0.15) is 5.75 Å². The minimum Gasteiger partial charge on any atom is -0.493 e. The van der Waals surface area contributed by atoms with Crippen molar-refractivity contribution in [1.82, 2.24) is 4.90 Å². The summed E-state index contributed by atoms with van der Waals surface area (Å²) in [5.41, 5.74) is 0.834. The minimum atomic E-state index is -0.495. The Hall–Kier alpha value is -1.06. The Morgan fingerprint density at radius 2 is 2.28 bits per heavy atom. The van der Waals surface area contributed by atoms with Gasteiger partial charge in [-0.25, -0.2) is 0 Å². The number of nitrogens with zero attached hydrogens (tertiary/aromatic N) is 1. The first-order valence-corrected chi connectivity index (χ1v) is 6.80. The summed E-state index contributed by atoms with van der Waals surface area (Å²) in [5.74, 6) is 1.59. The van der Waals surface area contributed by atoms with Crippen LogP contribution in [-0.4, -0.2) is 41.8 Å². The number of ether oxygens (including phenoxy) is 1. The molecule has 2 unspecified atom stereocenters. The minimum absolute atomic E-state index is 0.495. The van der Waals surface area contributed by atoms with E-state index >= 15 is 0 Å². The maximum atomic E-state index is 10.0. The van der Waals surface area contributed by atoms with Crippen molar-refractivity contribution >= 4 is 0 Å². The van der Waals surface area contributed by atoms with Gasteiger partial charge in [0.05, 0.1) is 12.2 Å². The number of benzene rings is 1. The SMILES string of the molecule is CC1(O)CCN(CC2CCOc3ccccc32)C1. The van der Waals surface area contributed by atoms with Gasteiger partial charge >= 0.3 is 0 Å². The molecule has 1 fully saturated rings. The highest BCUT2D eigenvalue weighted by molar-refractivity contribution is 5.38. The van der Waals surface area contributed by atoms with Crippen molar-refractivity contribution in [2.45, 2.75) is 31.3 Å². The summed E-state index contributed by atoms with van der Waals surface area (Å²) >= 11 is 0. The maximum Gasteiger partial charge on any atom is 0.122 e. The molecule has 2 heterocycles. The van der Waals surface area contributed by atoms with E-state index in [4.69, 9.17) is 4.74 Å². The van der Waals surface area contributed by atoms with Crippen molar-refractivity contribution in [3.63, 3.8) is 0 Å². The van der Waals surface area contributed by atoms with Crippen molar-refractivity contribution in [1.29, 1.82) is 0 Å². The van der Waals surface area contributed by atoms with Gasteiger partial charge in [0.15, 0.2) is 0 Å². The summed E-state index contributed by atoms with van der Waals surface area (Å²) in [7, 11) is 0. The van der Waals surface area contributed by atoms with E-state index in [0.717, 1.165) is 44.8 Å². The number of para-hydroxylation sites is 1. The van der Waals surface area contributed by atoms with Crippen LogP contribution in [0.1, 0.15) is 31.2 Å². The highest BCUT2D eigenvalue weighted by Gasteiger charge is 2.33. The molecule has 2 aliphatic rings. The van der Waals surface area contributed by atoms with Gasteiger partial charge in [-0.15, -0.1) is 0 Å². The molecular weight excluding hydrogens is 226 g/mol. The Kier molecular flexibility index (Phi) is 3.04. The molecule has 0 aromatic heterocycles. The van der Waals surface area contributed by atoms with Crippen molar-refractivity contribution in [3.8, 4) is 5.75 Å². The third kappa shape index (κ3) is 2.38. The zero-order valence-electron chi connectivity index (χ0n) is 10.9. The fraction of sp³-hybridized carbons (Fsp3) is 0.600. The highest BCUT2D eigenvalue weighted by atomic mass is 16.5. The van der Waals surface area contributed by atoms with Gasteiger partial charge < -0.3 is 9.84 Å². The van der Waals surface area contributed by atoms with Crippen molar-refractivity contribution < 1.29 is 9.84 Å². The van der Waals surface area contributed by atoms with Crippen LogP contribution in [0.3, 0.4) is 0 Å². The average Bonchev–Trinajstić information content (AvgIpc) is 2.69. The molecule has 0 amide bonds. The molecule has 0 saturated carbocycles. The van der Waals surface area contributed by atoms with E-state index in [9.17, 15) is 5.11 Å². The molecular formula is C15H21NO2. The number of hydrogen-bond acceptors (Lipinski definition) is 3. The molecule has 2 aliphatic heterocycles. The van der Waals surface area contributed by atoms with Crippen LogP contribution in [0.2, 0.25) is 0 Å². The van der Waals surface area contributed by atoms with Gasteiger partial charge in [-0.2, -0.15) is 0 Å². The van der Waals surface area contributed by atoms with E-state index in [0.29, 0.717) is 5.92 Å². The number of rotatable bonds is 2. The largest absolute Gasteiger partial charge is 0.493 e. The molecule has 2 atom stereocenters. The molecule has 98 valence electrons. The molecule has 0 aliphatic carbocycles. The smallest absolute Gasteiger partial charge is 0.122 e.